The summed E-state index contributed by atoms with van der Waals surface area (Å²) >= 11 is 1.30. The lowest BCUT2D eigenvalue weighted by molar-refractivity contribution is -0.116. The van der Waals surface area contributed by atoms with E-state index in [9.17, 15) is 13.6 Å². The van der Waals surface area contributed by atoms with Gasteiger partial charge in [0.05, 0.1) is 5.69 Å². The molecule has 0 spiro atoms. The molecule has 0 aliphatic carbocycles. The number of halogens is 2. The van der Waals surface area contributed by atoms with E-state index >= 15 is 0 Å². The van der Waals surface area contributed by atoms with Gasteiger partial charge in [0, 0.05) is 29.8 Å². The summed E-state index contributed by atoms with van der Waals surface area (Å²) in [6.07, 6.45) is 3.52. The van der Waals surface area contributed by atoms with Gasteiger partial charge >= 0.3 is 0 Å². The number of aromatic nitrogens is 2. The van der Waals surface area contributed by atoms with Crippen LogP contribution in [0.3, 0.4) is 0 Å². The van der Waals surface area contributed by atoms with Crippen molar-refractivity contribution in [3.63, 3.8) is 0 Å². The number of benzene rings is 1. The molecule has 122 valence electrons. The Labute approximate surface area is 141 Å². The Morgan fingerprint density at radius 3 is 2.92 bits per heavy atom. The van der Waals surface area contributed by atoms with Gasteiger partial charge in [-0.05, 0) is 42.3 Å². The zero-order chi connectivity index (χ0) is 16.9. The second-order valence-electron chi connectivity index (χ2n) is 5.06. The maximum Gasteiger partial charge on any atom is 0.226 e. The smallest absolute Gasteiger partial charge is 0.226 e. The molecule has 0 atom stereocenters. The third kappa shape index (κ3) is 3.99. The van der Waals surface area contributed by atoms with Crippen LogP contribution in [0.25, 0.3) is 11.3 Å². The van der Waals surface area contributed by atoms with Crippen molar-refractivity contribution in [2.24, 2.45) is 0 Å². The monoisotopic (exact) mass is 345 g/mol. The Bertz CT molecular complexity index is 852. The van der Waals surface area contributed by atoms with E-state index < -0.39 is 11.6 Å². The molecular weight excluding hydrogens is 332 g/mol. The highest BCUT2D eigenvalue weighted by Crippen LogP contribution is 2.24. The minimum atomic E-state index is -0.521. The number of amides is 1. The van der Waals surface area contributed by atoms with Crippen LogP contribution in [0.15, 0.2) is 48.1 Å². The summed E-state index contributed by atoms with van der Waals surface area (Å²) in [5.74, 6) is -1.34. The van der Waals surface area contributed by atoms with E-state index in [1.54, 1.807) is 18.5 Å². The summed E-state index contributed by atoms with van der Waals surface area (Å²) in [4.78, 5) is 20.3. The van der Waals surface area contributed by atoms with Gasteiger partial charge in [0.25, 0.3) is 0 Å². The van der Waals surface area contributed by atoms with E-state index in [2.05, 4.69) is 15.3 Å². The van der Waals surface area contributed by atoms with E-state index in [0.717, 1.165) is 29.5 Å². The molecule has 0 radical (unpaired) electrons. The first-order valence-corrected chi connectivity index (χ1v) is 8.09. The highest BCUT2D eigenvalue weighted by atomic mass is 32.1. The zero-order valence-corrected chi connectivity index (χ0v) is 13.3. The second-order valence-corrected chi connectivity index (χ2v) is 5.92. The molecule has 0 aliphatic heterocycles. The average Bonchev–Trinajstić information content (AvgIpc) is 3.05. The van der Waals surface area contributed by atoms with Crippen molar-refractivity contribution in [2.75, 3.05) is 5.32 Å². The minimum absolute atomic E-state index is 0.0438. The van der Waals surface area contributed by atoms with Crippen LogP contribution < -0.4 is 5.32 Å². The predicted molar refractivity (Wildman–Crippen MR) is 88.7 cm³/mol. The number of hydrogen-bond acceptors (Lipinski definition) is 4. The number of carbonyl (C=O) groups excluding carboxylic acids is 1. The van der Waals surface area contributed by atoms with E-state index in [1.165, 1.54) is 11.3 Å². The van der Waals surface area contributed by atoms with Gasteiger partial charge in [-0.1, -0.05) is 0 Å². The number of aryl methyl sites for hydroxylation is 1. The molecular formula is C17H13F2N3OS. The maximum atomic E-state index is 13.5. The van der Waals surface area contributed by atoms with Crippen LogP contribution in [-0.2, 0) is 11.2 Å². The third-order valence-corrected chi connectivity index (χ3v) is 4.09. The molecule has 0 aliphatic rings. The Kier molecular flexibility index (Phi) is 4.90. The normalized spacial score (nSPS) is 10.6. The molecule has 0 unspecified atom stereocenters. The molecule has 1 aromatic carbocycles. The van der Waals surface area contributed by atoms with Crippen LogP contribution in [0.4, 0.5) is 13.9 Å². The van der Waals surface area contributed by atoms with Gasteiger partial charge in [-0.25, -0.2) is 13.8 Å². The first-order chi connectivity index (χ1) is 11.6. The largest absolute Gasteiger partial charge is 0.302 e. The lowest BCUT2D eigenvalue weighted by Gasteiger charge is -2.04. The molecule has 2 heterocycles. The number of hydrogen-bond donors (Lipinski definition) is 1. The molecule has 1 amide bonds. The molecule has 3 rings (SSSR count). The van der Waals surface area contributed by atoms with Crippen molar-refractivity contribution >= 4 is 22.4 Å². The van der Waals surface area contributed by atoms with Crippen LogP contribution in [-0.4, -0.2) is 15.9 Å². The number of anilines is 1. The lowest BCUT2D eigenvalue weighted by Crippen LogP contribution is -2.12. The Morgan fingerprint density at radius 2 is 2.12 bits per heavy atom. The summed E-state index contributed by atoms with van der Waals surface area (Å²) < 4.78 is 26.6. The fourth-order valence-electron chi connectivity index (χ4n) is 2.14. The Balaban J connectivity index is 1.59. The number of nitrogens with one attached hydrogen (secondary N) is 1. The van der Waals surface area contributed by atoms with Gasteiger partial charge < -0.3 is 5.32 Å². The van der Waals surface area contributed by atoms with Crippen LogP contribution >= 0.6 is 11.3 Å². The van der Waals surface area contributed by atoms with Crippen LogP contribution in [0, 0.1) is 11.6 Å². The molecule has 1 N–H and O–H groups in total. The molecule has 2 aromatic heterocycles. The Hall–Kier alpha value is -2.67. The lowest BCUT2D eigenvalue weighted by atomic mass is 10.1. The molecule has 4 nitrogen and oxygen atoms in total. The number of carbonyl (C=O) groups is 1. The highest BCUT2D eigenvalue weighted by Gasteiger charge is 2.10. The van der Waals surface area contributed by atoms with E-state index in [4.69, 9.17) is 0 Å². The van der Waals surface area contributed by atoms with Crippen molar-refractivity contribution in [1.82, 2.24) is 9.97 Å². The molecule has 24 heavy (non-hydrogen) atoms. The predicted octanol–water partition coefficient (Wildman–Crippen LogP) is 4.05. The standard InChI is InChI=1S/C17H13F2N3OS/c18-13-4-5-14(19)11(8-13)3-6-16(23)22-17-21-15(10-24-17)12-2-1-7-20-9-12/h1-2,4-5,7-10H,3,6H2,(H,21,22,23). The first kappa shape index (κ1) is 16.2. The van der Waals surface area contributed by atoms with Crippen LogP contribution in [0.1, 0.15) is 12.0 Å². The van der Waals surface area contributed by atoms with Gasteiger partial charge in [0.1, 0.15) is 11.6 Å². The summed E-state index contributed by atoms with van der Waals surface area (Å²) in [5.41, 5.74) is 1.76. The third-order valence-electron chi connectivity index (χ3n) is 3.34. The summed E-state index contributed by atoms with van der Waals surface area (Å²) in [7, 11) is 0. The van der Waals surface area contributed by atoms with Gasteiger partial charge in [-0.2, -0.15) is 0 Å². The zero-order valence-electron chi connectivity index (χ0n) is 12.5. The van der Waals surface area contributed by atoms with Gasteiger partial charge in [0.2, 0.25) is 5.91 Å². The molecule has 0 saturated heterocycles. The van der Waals surface area contributed by atoms with Crippen LogP contribution in [0.2, 0.25) is 0 Å². The fraction of sp³-hybridized carbons (Fsp3) is 0.118. The second kappa shape index (κ2) is 7.27. The van der Waals surface area contributed by atoms with Crippen molar-refractivity contribution in [2.45, 2.75) is 12.8 Å². The Morgan fingerprint density at radius 1 is 1.25 bits per heavy atom. The van der Waals surface area contributed by atoms with Crippen molar-refractivity contribution < 1.29 is 13.6 Å². The van der Waals surface area contributed by atoms with E-state index in [1.807, 2.05) is 11.4 Å². The molecule has 0 bridgehead atoms. The molecule has 0 fully saturated rings. The fourth-order valence-corrected chi connectivity index (χ4v) is 2.88. The number of thiazole rings is 1. The summed E-state index contributed by atoms with van der Waals surface area (Å²) in [6, 6.07) is 6.89. The van der Waals surface area contributed by atoms with Crippen molar-refractivity contribution in [3.8, 4) is 11.3 Å². The average molecular weight is 345 g/mol. The van der Waals surface area contributed by atoms with E-state index in [0.29, 0.717) is 5.13 Å². The summed E-state index contributed by atoms with van der Waals surface area (Å²) in [5, 5.41) is 4.94. The first-order valence-electron chi connectivity index (χ1n) is 7.21. The summed E-state index contributed by atoms with van der Waals surface area (Å²) in [6.45, 7) is 0. The van der Waals surface area contributed by atoms with E-state index in [-0.39, 0.29) is 24.3 Å². The topological polar surface area (TPSA) is 54.9 Å². The van der Waals surface area contributed by atoms with Crippen LogP contribution in [0.5, 0.6) is 0 Å². The van der Waals surface area contributed by atoms with Crippen molar-refractivity contribution in [1.29, 1.82) is 0 Å². The SMILES string of the molecule is O=C(CCc1cc(F)ccc1F)Nc1nc(-c2cccnc2)cs1. The molecule has 0 saturated carbocycles. The van der Waals surface area contributed by atoms with Gasteiger partial charge in [-0.3, -0.25) is 9.78 Å². The number of nitrogens with zero attached hydrogens (tertiary/aromatic N) is 2. The van der Waals surface area contributed by atoms with Gasteiger partial charge in [-0.15, -0.1) is 11.3 Å². The molecule has 3 aromatic rings. The molecule has 7 heteroatoms. The number of pyridine rings is 1. The van der Waals surface area contributed by atoms with Gasteiger partial charge in [0.15, 0.2) is 5.13 Å². The number of rotatable bonds is 5. The minimum Gasteiger partial charge on any atom is -0.302 e. The van der Waals surface area contributed by atoms with Crippen molar-refractivity contribution in [3.05, 3.63) is 65.3 Å². The quantitative estimate of drug-likeness (QED) is 0.759. The highest BCUT2D eigenvalue weighted by molar-refractivity contribution is 7.14. The maximum absolute atomic E-state index is 13.5.